The molecular weight excluding hydrogens is 190 g/mol. The Hall–Kier alpha value is -1.51. The number of benzene rings is 1. The summed E-state index contributed by atoms with van der Waals surface area (Å²) in [7, 11) is 1.81. The molecule has 1 aromatic carbocycles. The van der Waals surface area contributed by atoms with Crippen LogP contribution in [0.1, 0.15) is 12.0 Å². The number of nitrogens with zero attached hydrogens (tertiary/aromatic N) is 1. The van der Waals surface area contributed by atoms with Crippen molar-refractivity contribution in [3.63, 3.8) is 0 Å². The van der Waals surface area contributed by atoms with Crippen LogP contribution in [0.25, 0.3) is 0 Å². The van der Waals surface area contributed by atoms with Crippen molar-refractivity contribution in [3.8, 4) is 5.75 Å². The lowest BCUT2D eigenvalue weighted by Crippen LogP contribution is -2.29. The second-order valence-electron chi connectivity index (χ2n) is 3.92. The summed E-state index contributed by atoms with van der Waals surface area (Å²) in [6.45, 7) is 2.77. The Morgan fingerprint density at radius 2 is 2.13 bits per heavy atom. The topological polar surface area (TPSA) is 29.5 Å². The van der Waals surface area contributed by atoms with Gasteiger partial charge in [-0.3, -0.25) is 4.79 Å². The summed E-state index contributed by atoms with van der Waals surface area (Å²) in [6, 6.07) is 7.77. The molecule has 1 aliphatic rings. The molecule has 15 heavy (non-hydrogen) atoms. The van der Waals surface area contributed by atoms with Crippen molar-refractivity contribution in [2.45, 2.75) is 19.4 Å². The number of hydrogen-bond donors (Lipinski definition) is 0. The molecule has 1 aliphatic heterocycles. The monoisotopic (exact) mass is 205 g/mol. The van der Waals surface area contributed by atoms with Gasteiger partial charge in [0.1, 0.15) is 5.75 Å². The number of aryl methyl sites for hydroxylation is 1. The van der Waals surface area contributed by atoms with Crippen molar-refractivity contribution < 1.29 is 9.53 Å². The van der Waals surface area contributed by atoms with Gasteiger partial charge < -0.3 is 9.64 Å². The van der Waals surface area contributed by atoms with E-state index in [1.54, 1.807) is 4.90 Å². The third-order valence-electron chi connectivity index (χ3n) is 2.74. The van der Waals surface area contributed by atoms with Gasteiger partial charge in [-0.25, -0.2) is 0 Å². The summed E-state index contributed by atoms with van der Waals surface area (Å²) in [5.74, 6) is 0.893. The number of carbonyl (C=O) groups is 1. The Bertz CT molecular complexity index is 376. The lowest BCUT2D eigenvalue weighted by Gasteiger charge is -2.14. The smallest absolute Gasteiger partial charge is 0.263 e. The Morgan fingerprint density at radius 3 is 2.73 bits per heavy atom. The molecule has 0 radical (unpaired) electrons. The first-order chi connectivity index (χ1) is 7.18. The molecule has 1 fully saturated rings. The quantitative estimate of drug-likeness (QED) is 0.734. The van der Waals surface area contributed by atoms with Crippen LogP contribution in [0.4, 0.5) is 0 Å². The van der Waals surface area contributed by atoms with Crippen LogP contribution in [0.5, 0.6) is 5.75 Å². The molecule has 1 amide bonds. The zero-order valence-corrected chi connectivity index (χ0v) is 9.06. The van der Waals surface area contributed by atoms with Crippen LogP contribution in [0.2, 0.25) is 0 Å². The van der Waals surface area contributed by atoms with E-state index in [4.69, 9.17) is 4.74 Å². The average Bonchev–Trinajstić information content (AvgIpc) is 2.53. The molecule has 1 unspecified atom stereocenters. The first kappa shape index (κ1) is 10.0. The lowest BCUT2D eigenvalue weighted by atomic mass is 10.2. The lowest BCUT2D eigenvalue weighted by molar-refractivity contribution is -0.132. The van der Waals surface area contributed by atoms with E-state index >= 15 is 0 Å². The van der Waals surface area contributed by atoms with Crippen LogP contribution < -0.4 is 4.74 Å². The molecule has 1 heterocycles. The molecule has 3 heteroatoms. The van der Waals surface area contributed by atoms with Gasteiger partial charge in [0.2, 0.25) is 0 Å². The van der Waals surface area contributed by atoms with Crippen LogP contribution in [-0.2, 0) is 4.79 Å². The predicted molar refractivity (Wildman–Crippen MR) is 57.8 cm³/mol. The van der Waals surface area contributed by atoms with Crippen molar-refractivity contribution >= 4 is 5.91 Å². The normalized spacial score (nSPS) is 20.8. The number of carbonyl (C=O) groups excluding carboxylic acids is 1. The van der Waals surface area contributed by atoms with E-state index in [0.29, 0.717) is 0 Å². The minimum atomic E-state index is -0.295. The maximum atomic E-state index is 11.6. The van der Waals surface area contributed by atoms with Gasteiger partial charge in [0.05, 0.1) is 0 Å². The SMILES string of the molecule is Cc1ccccc1OC1CCN(C)C1=O. The fraction of sp³-hybridized carbons (Fsp3) is 0.417. The van der Waals surface area contributed by atoms with Gasteiger partial charge >= 0.3 is 0 Å². The van der Waals surface area contributed by atoms with Crippen molar-refractivity contribution in [1.82, 2.24) is 4.90 Å². The highest BCUT2D eigenvalue weighted by atomic mass is 16.5. The van der Waals surface area contributed by atoms with Crippen molar-refractivity contribution in [2.75, 3.05) is 13.6 Å². The van der Waals surface area contributed by atoms with E-state index in [-0.39, 0.29) is 12.0 Å². The summed E-state index contributed by atoms with van der Waals surface area (Å²) < 4.78 is 5.70. The summed E-state index contributed by atoms with van der Waals surface area (Å²) in [5.41, 5.74) is 1.07. The summed E-state index contributed by atoms with van der Waals surface area (Å²) in [4.78, 5) is 13.3. The van der Waals surface area contributed by atoms with E-state index < -0.39 is 0 Å². The Morgan fingerprint density at radius 1 is 1.40 bits per heavy atom. The molecule has 0 saturated carbocycles. The number of para-hydroxylation sites is 1. The Kier molecular flexibility index (Phi) is 2.62. The fourth-order valence-corrected chi connectivity index (χ4v) is 1.74. The van der Waals surface area contributed by atoms with Gasteiger partial charge in [-0.2, -0.15) is 0 Å². The van der Waals surface area contributed by atoms with Crippen molar-refractivity contribution in [2.24, 2.45) is 0 Å². The van der Waals surface area contributed by atoms with Crippen LogP contribution in [-0.4, -0.2) is 30.5 Å². The number of rotatable bonds is 2. The highest BCUT2D eigenvalue weighted by molar-refractivity contribution is 5.83. The maximum absolute atomic E-state index is 11.6. The van der Waals surface area contributed by atoms with E-state index in [1.165, 1.54) is 0 Å². The molecule has 1 atom stereocenters. The van der Waals surface area contributed by atoms with Crippen molar-refractivity contribution in [1.29, 1.82) is 0 Å². The van der Waals surface area contributed by atoms with E-state index in [1.807, 2.05) is 38.2 Å². The molecule has 0 spiro atoms. The third-order valence-corrected chi connectivity index (χ3v) is 2.74. The Labute approximate surface area is 89.7 Å². The third kappa shape index (κ3) is 1.96. The van der Waals surface area contributed by atoms with E-state index in [0.717, 1.165) is 24.3 Å². The Balaban J connectivity index is 2.10. The number of ether oxygens (including phenoxy) is 1. The highest BCUT2D eigenvalue weighted by Gasteiger charge is 2.30. The molecule has 3 nitrogen and oxygen atoms in total. The molecule has 0 bridgehead atoms. The summed E-state index contributed by atoms with van der Waals surface area (Å²) in [5, 5.41) is 0. The second-order valence-corrected chi connectivity index (χ2v) is 3.92. The minimum absolute atomic E-state index is 0.0817. The van der Waals surface area contributed by atoms with E-state index in [2.05, 4.69) is 0 Å². The van der Waals surface area contributed by atoms with Gasteiger partial charge in [-0.15, -0.1) is 0 Å². The first-order valence-electron chi connectivity index (χ1n) is 5.16. The highest BCUT2D eigenvalue weighted by Crippen LogP contribution is 2.21. The van der Waals surface area contributed by atoms with Crippen LogP contribution in [0.3, 0.4) is 0 Å². The number of amides is 1. The summed E-state index contributed by atoms with van der Waals surface area (Å²) in [6.07, 6.45) is 0.486. The van der Waals surface area contributed by atoms with Crippen LogP contribution >= 0.6 is 0 Å². The van der Waals surface area contributed by atoms with Gasteiger partial charge in [0, 0.05) is 20.0 Å². The zero-order valence-electron chi connectivity index (χ0n) is 9.06. The predicted octanol–water partition coefficient (Wildman–Crippen LogP) is 1.60. The van der Waals surface area contributed by atoms with Crippen LogP contribution in [0, 0.1) is 6.92 Å². The van der Waals surface area contributed by atoms with Gasteiger partial charge in [-0.1, -0.05) is 18.2 Å². The standard InChI is InChI=1S/C12H15NO2/c1-9-5-3-4-6-10(9)15-11-7-8-13(2)12(11)14/h3-6,11H,7-8H2,1-2H3. The minimum Gasteiger partial charge on any atom is -0.480 e. The second kappa shape index (κ2) is 3.93. The molecule has 1 saturated heterocycles. The average molecular weight is 205 g/mol. The van der Waals surface area contributed by atoms with Gasteiger partial charge in [0.15, 0.2) is 6.10 Å². The molecule has 0 aliphatic carbocycles. The van der Waals surface area contributed by atoms with Gasteiger partial charge in [-0.05, 0) is 18.6 Å². The maximum Gasteiger partial charge on any atom is 0.263 e. The molecule has 0 N–H and O–H groups in total. The van der Waals surface area contributed by atoms with Crippen LogP contribution in [0.15, 0.2) is 24.3 Å². The van der Waals surface area contributed by atoms with E-state index in [9.17, 15) is 4.79 Å². The largest absolute Gasteiger partial charge is 0.480 e. The number of hydrogen-bond acceptors (Lipinski definition) is 2. The molecule has 2 rings (SSSR count). The molecular formula is C12H15NO2. The fourth-order valence-electron chi connectivity index (χ4n) is 1.74. The summed E-state index contributed by atoms with van der Waals surface area (Å²) >= 11 is 0. The molecule has 80 valence electrons. The number of likely N-dealkylation sites (N-methyl/N-ethyl adjacent to an activating group) is 1. The number of likely N-dealkylation sites (tertiary alicyclic amines) is 1. The molecule has 1 aromatic rings. The molecule has 0 aromatic heterocycles. The van der Waals surface area contributed by atoms with Gasteiger partial charge in [0.25, 0.3) is 5.91 Å². The first-order valence-corrected chi connectivity index (χ1v) is 5.16. The van der Waals surface area contributed by atoms with Crippen molar-refractivity contribution in [3.05, 3.63) is 29.8 Å². The zero-order chi connectivity index (χ0) is 10.8.